The van der Waals surface area contributed by atoms with E-state index in [-0.39, 0.29) is 12.1 Å². The Balaban J connectivity index is 2.30. The van der Waals surface area contributed by atoms with Gasteiger partial charge in [-0.05, 0) is 0 Å². The Labute approximate surface area is 119 Å². The van der Waals surface area contributed by atoms with Gasteiger partial charge in [-0.25, -0.2) is 0 Å². The Morgan fingerprint density at radius 1 is 1.47 bits per heavy atom. The average Bonchev–Trinajstić information content (AvgIpc) is 2.35. The molecule has 0 radical (unpaired) electrons. The molecule has 0 aliphatic rings. The molecule has 0 aliphatic carbocycles. The number of amides is 2. The second kappa shape index (κ2) is 8.88. The number of carbonyl (C=O) groups excluding carboxylic acids is 1. The van der Waals surface area contributed by atoms with Gasteiger partial charge in [-0.15, -0.1) is 0 Å². The van der Waals surface area contributed by atoms with Crippen LogP contribution in [0, 0.1) is 0 Å². The molecule has 0 aromatic heterocycles. The van der Waals surface area contributed by atoms with Crippen molar-refractivity contribution in [3.05, 3.63) is 30.3 Å². The molecule has 90 valence electrons. The van der Waals surface area contributed by atoms with Crippen molar-refractivity contribution in [1.29, 1.82) is 0 Å². The third-order valence-electron chi connectivity index (χ3n) is 2.29. The molecule has 6 heteroatoms. The summed E-state index contributed by atoms with van der Waals surface area (Å²) in [7, 11) is 1.68. The van der Waals surface area contributed by atoms with Crippen LogP contribution in [-0.4, -0.2) is 25.8 Å². The van der Waals surface area contributed by atoms with Crippen molar-refractivity contribution >= 4 is 23.6 Å². The summed E-state index contributed by atoms with van der Waals surface area (Å²) in [5.74, 6) is 0. The molecule has 1 aromatic carbocycles. The monoisotopic (exact) mass is 488 g/mol. The third kappa shape index (κ3) is 6.38. The number of benzene rings is 1. The van der Waals surface area contributed by atoms with Crippen molar-refractivity contribution in [3.63, 3.8) is 0 Å². The van der Waals surface area contributed by atoms with E-state index in [0.717, 1.165) is 9.62 Å². The second-order valence-corrected chi connectivity index (χ2v) is 14.2. The van der Waals surface area contributed by atoms with Crippen LogP contribution in [0.4, 0.5) is 10.5 Å². The van der Waals surface area contributed by atoms with E-state index in [2.05, 4.69) is 22.5 Å². The number of anilines is 1. The van der Waals surface area contributed by atoms with Gasteiger partial charge in [0.1, 0.15) is 0 Å². The van der Waals surface area contributed by atoms with Crippen LogP contribution in [0.2, 0.25) is 3.93 Å². The molecule has 0 saturated carbocycles. The van der Waals surface area contributed by atoms with Crippen molar-refractivity contribution in [1.82, 2.24) is 5.32 Å². The van der Waals surface area contributed by atoms with Crippen molar-refractivity contribution in [2.75, 3.05) is 19.0 Å². The average molecular weight is 488 g/mol. The molecular formula is C11H15BrHgN2O2. The first kappa shape index (κ1) is 14.9. The van der Waals surface area contributed by atoms with Gasteiger partial charge >= 0.3 is 120 Å². The molecule has 1 atom stereocenters. The number of methoxy groups -OCH3 is 1. The molecule has 4 nitrogen and oxygen atoms in total. The minimum atomic E-state index is -0.882. The normalized spacial score (nSPS) is 11.4. The van der Waals surface area contributed by atoms with Gasteiger partial charge in [0.2, 0.25) is 0 Å². The fourth-order valence-electron chi connectivity index (χ4n) is 1.33. The SMILES string of the molecule is COC(CNC(=O)Nc1ccccc1)[CH2][Hg][Br]. The standard InChI is InChI=1S/C11H15N2O2.BrH.Hg/c1-9(15-2)8-12-11(14)13-10-6-4-3-5-7-10;;/h3-7,9H,1,8H2,2H3,(H2,12,13,14);1H;/q;;+1/p-1. The molecule has 2 amide bonds. The predicted octanol–water partition coefficient (Wildman–Crippen LogP) is 2.63. The molecule has 2 N–H and O–H groups in total. The van der Waals surface area contributed by atoms with Crippen LogP contribution in [0.25, 0.3) is 0 Å². The predicted molar refractivity (Wildman–Crippen MR) is 68.0 cm³/mol. The Bertz CT molecular complexity index is 338. The van der Waals surface area contributed by atoms with Gasteiger partial charge in [0.25, 0.3) is 0 Å². The van der Waals surface area contributed by atoms with E-state index in [1.54, 1.807) is 7.11 Å². The Hall–Kier alpha value is -0.135. The van der Waals surface area contributed by atoms with E-state index in [1.165, 1.54) is 0 Å². The fraction of sp³-hybridized carbons (Fsp3) is 0.364. The summed E-state index contributed by atoms with van der Waals surface area (Å²) >= 11 is 2.68. The summed E-state index contributed by atoms with van der Waals surface area (Å²) in [6, 6.07) is 9.18. The fourth-order valence-corrected chi connectivity index (χ4v) is 8.47. The summed E-state index contributed by atoms with van der Waals surface area (Å²) in [5.41, 5.74) is 0.791. The summed E-state index contributed by atoms with van der Waals surface area (Å²) in [6.45, 7) is 0.556. The molecule has 1 rings (SSSR count). The zero-order valence-electron chi connectivity index (χ0n) is 9.78. The Morgan fingerprint density at radius 2 is 2.18 bits per heavy atom. The van der Waals surface area contributed by atoms with Crippen molar-refractivity contribution < 1.29 is 31.7 Å². The number of urea groups is 1. The first-order valence-electron chi connectivity index (χ1n) is 5.45. The van der Waals surface area contributed by atoms with Crippen LogP contribution in [0.5, 0.6) is 0 Å². The number of ether oxygens (including phenoxy) is 1. The maximum atomic E-state index is 11.6. The summed E-state index contributed by atoms with van der Waals surface area (Å²) in [4.78, 5) is 11.6. The summed E-state index contributed by atoms with van der Waals surface area (Å²) in [6.07, 6.45) is 0.137. The number of rotatable bonds is 6. The Morgan fingerprint density at radius 3 is 2.76 bits per heavy atom. The zero-order chi connectivity index (χ0) is 12.5. The molecule has 17 heavy (non-hydrogen) atoms. The number of hydrogen-bond acceptors (Lipinski definition) is 2. The van der Waals surface area contributed by atoms with Gasteiger partial charge < -0.3 is 0 Å². The number of halogens is 1. The molecule has 1 unspecified atom stereocenters. The summed E-state index contributed by atoms with van der Waals surface area (Å²) < 4.78 is 6.36. The van der Waals surface area contributed by atoms with E-state index < -0.39 is 22.1 Å². The molecule has 0 heterocycles. The molecule has 0 aliphatic heterocycles. The van der Waals surface area contributed by atoms with Crippen molar-refractivity contribution in [3.8, 4) is 0 Å². The van der Waals surface area contributed by atoms with Crippen molar-refractivity contribution in [2.24, 2.45) is 0 Å². The quantitative estimate of drug-likeness (QED) is 0.606. The Kier molecular flexibility index (Phi) is 7.80. The molecule has 0 fully saturated rings. The number of para-hydroxylation sites is 1. The van der Waals surface area contributed by atoms with Gasteiger partial charge in [-0.1, -0.05) is 0 Å². The van der Waals surface area contributed by atoms with Crippen LogP contribution < -0.4 is 10.6 Å². The van der Waals surface area contributed by atoms with E-state index in [4.69, 9.17) is 4.74 Å². The molecule has 0 spiro atoms. The molecular weight excluding hydrogens is 473 g/mol. The first-order chi connectivity index (χ1) is 8.26. The van der Waals surface area contributed by atoms with Crippen LogP contribution in [0.15, 0.2) is 30.3 Å². The third-order valence-corrected chi connectivity index (χ3v) is 9.66. The van der Waals surface area contributed by atoms with E-state index in [1.807, 2.05) is 30.3 Å². The molecule has 0 bridgehead atoms. The summed E-state index contributed by atoms with van der Waals surface area (Å²) in [5, 5.41) is 5.57. The van der Waals surface area contributed by atoms with Gasteiger partial charge in [-0.3, -0.25) is 0 Å². The number of nitrogens with one attached hydrogen (secondary N) is 2. The van der Waals surface area contributed by atoms with E-state index in [9.17, 15) is 4.79 Å². The van der Waals surface area contributed by atoms with E-state index >= 15 is 0 Å². The molecule has 0 saturated heterocycles. The first-order valence-corrected chi connectivity index (χ1v) is 21.3. The molecule has 1 aromatic rings. The number of hydrogen-bond donors (Lipinski definition) is 2. The van der Waals surface area contributed by atoms with Crippen LogP contribution in [0.3, 0.4) is 0 Å². The van der Waals surface area contributed by atoms with Gasteiger partial charge in [0, 0.05) is 0 Å². The van der Waals surface area contributed by atoms with Gasteiger partial charge in [0.05, 0.1) is 0 Å². The maximum absolute atomic E-state index is 11.6. The van der Waals surface area contributed by atoms with E-state index in [0.29, 0.717) is 6.54 Å². The minimum absolute atomic E-state index is 0.137. The van der Waals surface area contributed by atoms with Gasteiger partial charge in [0.15, 0.2) is 0 Å². The van der Waals surface area contributed by atoms with Crippen molar-refractivity contribution in [2.45, 2.75) is 10.0 Å². The van der Waals surface area contributed by atoms with Crippen LogP contribution in [0.1, 0.15) is 0 Å². The topological polar surface area (TPSA) is 50.4 Å². The zero-order valence-corrected chi connectivity index (χ0v) is 16.9. The van der Waals surface area contributed by atoms with Crippen LogP contribution >= 0.6 is 11.9 Å². The number of carbonyl (C=O) groups is 1. The second-order valence-electron chi connectivity index (χ2n) is 3.54. The van der Waals surface area contributed by atoms with Crippen LogP contribution in [-0.2, 0) is 26.9 Å². The van der Waals surface area contributed by atoms with Gasteiger partial charge in [-0.2, -0.15) is 0 Å².